The van der Waals surface area contributed by atoms with Crippen LogP contribution in [0, 0.1) is 0 Å². The van der Waals surface area contributed by atoms with Crippen molar-refractivity contribution in [3.05, 3.63) is 40.8 Å². The maximum atomic E-state index is 4.91. The van der Waals surface area contributed by atoms with Crippen molar-refractivity contribution in [2.24, 2.45) is 0 Å². The van der Waals surface area contributed by atoms with Gasteiger partial charge in [0.1, 0.15) is 6.26 Å². The Morgan fingerprint density at radius 1 is 1.45 bits per heavy atom. The van der Waals surface area contributed by atoms with E-state index in [1.54, 1.807) is 17.6 Å². The Kier molecular flexibility index (Phi) is 1.65. The highest BCUT2D eigenvalue weighted by Gasteiger charge is 2.02. The van der Waals surface area contributed by atoms with Crippen molar-refractivity contribution in [2.75, 3.05) is 0 Å². The average molecular weight is 165 g/mol. The van der Waals surface area contributed by atoms with Crippen LogP contribution in [-0.4, -0.2) is 0 Å². The van der Waals surface area contributed by atoms with Crippen molar-refractivity contribution in [1.29, 1.82) is 0 Å². The Labute approximate surface area is 68.8 Å². The molecule has 0 aliphatic carbocycles. The molecule has 1 N–H and O–H groups in total. The average Bonchev–Trinajstić information content (AvgIpc) is 2.58. The van der Waals surface area contributed by atoms with E-state index in [9.17, 15) is 0 Å². The zero-order chi connectivity index (χ0) is 7.52. The van der Waals surface area contributed by atoms with Gasteiger partial charge in [0.2, 0.25) is 0 Å². The van der Waals surface area contributed by atoms with Gasteiger partial charge in [0.15, 0.2) is 0 Å². The molecule has 0 atom stereocenters. The zero-order valence-corrected chi connectivity index (χ0v) is 6.60. The standard InChI is InChI=1S/C8H7NOS/c1-3-7(9-10-5-1)8-4-2-6-11-8/h1-6,9H. The molecular formula is C8H7NOS. The van der Waals surface area contributed by atoms with E-state index < -0.39 is 0 Å². The topological polar surface area (TPSA) is 21.3 Å². The summed E-state index contributed by atoms with van der Waals surface area (Å²) in [6, 6.07) is 4.06. The Hall–Kier alpha value is -1.22. The first kappa shape index (κ1) is 6.49. The van der Waals surface area contributed by atoms with E-state index in [-0.39, 0.29) is 0 Å². The van der Waals surface area contributed by atoms with Crippen LogP contribution in [0.25, 0.3) is 5.70 Å². The fourth-order valence-corrected chi connectivity index (χ4v) is 1.57. The molecule has 11 heavy (non-hydrogen) atoms. The van der Waals surface area contributed by atoms with E-state index in [4.69, 9.17) is 4.84 Å². The van der Waals surface area contributed by atoms with Gasteiger partial charge in [-0.3, -0.25) is 0 Å². The molecule has 0 amide bonds. The van der Waals surface area contributed by atoms with Crippen molar-refractivity contribution in [3.8, 4) is 0 Å². The lowest BCUT2D eigenvalue weighted by Gasteiger charge is -2.09. The van der Waals surface area contributed by atoms with Crippen molar-refractivity contribution >= 4 is 17.0 Å². The van der Waals surface area contributed by atoms with E-state index in [1.165, 1.54) is 4.88 Å². The molecule has 1 aromatic heterocycles. The van der Waals surface area contributed by atoms with Gasteiger partial charge in [-0.1, -0.05) is 6.07 Å². The lowest BCUT2D eigenvalue weighted by Crippen LogP contribution is -2.10. The predicted molar refractivity (Wildman–Crippen MR) is 45.7 cm³/mol. The summed E-state index contributed by atoms with van der Waals surface area (Å²) >= 11 is 1.68. The summed E-state index contributed by atoms with van der Waals surface area (Å²) in [4.78, 5) is 6.10. The number of thiophene rings is 1. The first-order valence-corrected chi connectivity index (χ1v) is 4.17. The summed E-state index contributed by atoms with van der Waals surface area (Å²) in [5, 5.41) is 2.04. The first-order chi connectivity index (χ1) is 5.47. The number of allylic oxidation sites excluding steroid dienone is 2. The van der Waals surface area contributed by atoms with E-state index in [1.807, 2.05) is 29.7 Å². The van der Waals surface area contributed by atoms with Crippen molar-refractivity contribution in [2.45, 2.75) is 0 Å². The van der Waals surface area contributed by atoms with Crippen LogP contribution in [0.3, 0.4) is 0 Å². The molecule has 0 saturated heterocycles. The highest BCUT2D eigenvalue weighted by Crippen LogP contribution is 2.18. The van der Waals surface area contributed by atoms with Crippen LogP contribution in [0.4, 0.5) is 0 Å². The van der Waals surface area contributed by atoms with E-state index in [0.29, 0.717) is 0 Å². The first-order valence-electron chi connectivity index (χ1n) is 3.29. The van der Waals surface area contributed by atoms with Crippen molar-refractivity contribution < 1.29 is 4.84 Å². The molecule has 2 nitrogen and oxygen atoms in total. The van der Waals surface area contributed by atoms with Crippen LogP contribution in [-0.2, 0) is 4.84 Å². The fourth-order valence-electron chi connectivity index (χ4n) is 0.871. The van der Waals surface area contributed by atoms with Gasteiger partial charge in [0.05, 0.1) is 10.6 Å². The molecule has 0 aromatic carbocycles. The van der Waals surface area contributed by atoms with Gasteiger partial charge in [0.25, 0.3) is 0 Å². The van der Waals surface area contributed by atoms with Gasteiger partial charge in [-0.2, -0.15) is 0 Å². The summed E-state index contributed by atoms with van der Waals surface area (Å²) < 4.78 is 0. The zero-order valence-electron chi connectivity index (χ0n) is 5.78. The minimum Gasteiger partial charge on any atom is -0.390 e. The van der Waals surface area contributed by atoms with Crippen molar-refractivity contribution in [3.63, 3.8) is 0 Å². The lowest BCUT2D eigenvalue weighted by atomic mass is 10.3. The molecule has 0 radical (unpaired) electrons. The summed E-state index contributed by atoms with van der Waals surface area (Å²) in [6.07, 6.45) is 5.46. The van der Waals surface area contributed by atoms with E-state index in [0.717, 1.165) is 5.70 Å². The Morgan fingerprint density at radius 3 is 3.09 bits per heavy atom. The maximum absolute atomic E-state index is 4.91. The summed E-state index contributed by atoms with van der Waals surface area (Å²) in [6.45, 7) is 0. The molecule has 56 valence electrons. The van der Waals surface area contributed by atoms with Gasteiger partial charge in [-0.25, -0.2) is 5.48 Å². The van der Waals surface area contributed by atoms with Crippen LogP contribution in [0.5, 0.6) is 0 Å². The molecule has 0 fully saturated rings. The third-order valence-electron chi connectivity index (χ3n) is 1.37. The van der Waals surface area contributed by atoms with Crippen LogP contribution in [0.1, 0.15) is 4.88 Å². The molecule has 0 bridgehead atoms. The molecule has 1 aliphatic rings. The minimum absolute atomic E-state index is 1.02. The molecule has 1 aromatic rings. The van der Waals surface area contributed by atoms with Crippen LogP contribution < -0.4 is 5.48 Å². The normalized spacial score (nSPS) is 15.1. The monoisotopic (exact) mass is 165 g/mol. The van der Waals surface area contributed by atoms with Crippen LogP contribution in [0.2, 0.25) is 0 Å². The Balaban J connectivity index is 2.29. The molecule has 0 spiro atoms. The van der Waals surface area contributed by atoms with Crippen LogP contribution >= 0.6 is 11.3 Å². The third kappa shape index (κ3) is 1.28. The molecule has 2 rings (SSSR count). The number of hydrogen-bond acceptors (Lipinski definition) is 3. The van der Waals surface area contributed by atoms with Gasteiger partial charge in [-0.15, -0.1) is 11.3 Å². The summed E-state index contributed by atoms with van der Waals surface area (Å²) in [5.41, 5.74) is 3.82. The summed E-state index contributed by atoms with van der Waals surface area (Å²) in [7, 11) is 0. The molecule has 3 heteroatoms. The highest BCUT2D eigenvalue weighted by molar-refractivity contribution is 7.11. The molecular weight excluding hydrogens is 158 g/mol. The minimum atomic E-state index is 1.02. The molecule has 0 saturated carbocycles. The number of hydrogen-bond donors (Lipinski definition) is 1. The second-order valence-electron chi connectivity index (χ2n) is 2.11. The van der Waals surface area contributed by atoms with E-state index >= 15 is 0 Å². The van der Waals surface area contributed by atoms with Crippen LogP contribution in [0.15, 0.2) is 35.9 Å². The molecule has 2 heterocycles. The molecule has 1 aliphatic heterocycles. The summed E-state index contributed by atoms with van der Waals surface area (Å²) in [5.74, 6) is 0. The Bertz CT molecular complexity index is 287. The Morgan fingerprint density at radius 2 is 2.45 bits per heavy atom. The maximum Gasteiger partial charge on any atom is 0.119 e. The number of nitrogens with one attached hydrogen (secondary N) is 1. The number of rotatable bonds is 1. The second-order valence-corrected chi connectivity index (χ2v) is 3.05. The quantitative estimate of drug-likeness (QED) is 0.688. The van der Waals surface area contributed by atoms with Gasteiger partial charge < -0.3 is 4.84 Å². The lowest BCUT2D eigenvalue weighted by molar-refractivity contribution is 0.182. The SMILES string of the molecule is C1=CONC(c2cccs2)=C1. The van der Waals surface area contributed by atoms with Crippen molar-refractivity contribution in [1.82, 2.24) is 5.48 Å². The fraction of sp³-hybridized carbons (Fsp3) is 0. The van der Waals surface area contributed by atoms with E-state index in [2.05, 4.69) is 5.48 Å². The largest absolute Gasteiger partial charge is 0.390 e. The highest BCUT2D eigenvalue weighted by atomic mass is 32.1. The second kappa shape index (κ2) is 2.80. The number of hydroxylamine groups is 1. The third-order valence-corrected chi connectivity index (χ3v) is 2.27. The smallest absolute Gasteiger partial charge is 0.119 e. The van der Waals surface area contributed by atoms with Gasteiger partial charge >= 0.3 is 0 Å². The predicted octanol–water partition coefficient (Wildman–Crippen LogP) is 2.14. The molecule has 0 unspecified atom stereocenters. The van der Waals surface area contributed by atoms with Gasteiger partial charge in [0, 0.05) is 0 Å². The van der Waals surface area contributed by atoms with Gasteiger partial charge in [-0.05, 0) is 23.6 Å².